The number of hydrogen-bond acceptors (Lipinski definition) is 6. The van der Waals surface area contributed by atoms with Gasteiger partial charge in [0.15, 0.2) is 11.5 Å². The Morgan fingerprint density at radius 1 is 1.04 bits per heavy atom. The molecule has 3 aromatic rings. The number of carbonyl (C=O) groups excluding carboxylic acids is 1. The van der Waals surface area contributed by atoms with E-state index in [2.05, 4.69) is 15.6 Å². The first-order chi connectivity index (χ1) is 13.7. The van der Waals surface area contributed by atoms with E-state index in [1.807, 2.05) is 42.5 Å². The van der Waals surface area contributed by atoms with Gasteiger partial charge in [-0.3, -0.25) is 9.78 Å². The first kappa shape index (κ1) is 17.7. The smallest absolute Gasteiger partial charge is 0.253 e. The average molecular weight is 377 g/mol. The quantitative estimate of drug-likeness (QED) is 0.684. The van der Waals surface area contributed by atoms with Crippen molar-refractivity contribution < 1.29 is 19.0 Å². The van der Waals surface area contributed by atoms with E-state index in [0.29, 0.717) is 17.9 Å². The summed E-state index contributed by atoms with van der Waals surface area (Å²) in [5.74, 6) is 1.99. The summed E-state index contributed by atoms with van der Waals surface area (Å²) in [7, 11) is 1.62. The molecular weight excluding hydrogens is 358 g/mol. The standard InChI is InChI=1S/C21H19N3O4/c1-26-18-5-3-16(4-6-18)24-17-9-15(11-22-12-17)21(25)23-10-14-2-7-19-20(8-14)28-13-27-19/h2-9,11-12,24H,10,13H2,1H3,(H,23,25). The number of rotatable bonds is 6. The summed E-state index contributed by atoms with van der Waals surface area (Å²) in [6.07, 6.45) is 3.20. The van der Waals surface area contributed by atoms with E-state index in [4.69, 9.17) is 14.2 Å². The zero-order chi connectivity index (χ0) is 19.3. The first-order valence-corrected chi connectivity index (χ1v) is 8.74. The van der Waals surface area contributed by atoms with Gasteiger partial charge < -0.3 is 24.8 Å². The molecule has 0 atom stereocenters. The number of fused-ring (bicyclic) bond motifs is 1. The van der Waals surface area contributed by atoms with Crippen LogP contribution in [-0.4, -0.2) is 24.8 Å². The SMILES string of the molecule is COc1ccc(Nc2cncc(C(=O)NCc3ccc4c(c3)OCO4)c2)cc1. The van der Waals surface area contributed by atoms with Crippen molar-refractivity contribution in [2.75, 3.05) is 19.2 Å². The van der Waals surface area contributed by atoms with Gasteiger partial charge in [0, 0.05) is 18.4 Å². The van der Waals surface area contributed by atoms with Gasteiger partial charge in [-0.25, -0.2) is 0 Å². The summed E-state index contributed by atoms with van der Waals surface area (Å²) >= 11 is 0. The summed E-state index contributed by atoms with van der Waals surface area (Å²) in [6, 6.07) is 14.9. The lowest BCUT2D eigenvalue weighted by atomic mass is 10.2. The van der Waals surface area contributed by atoms with E-state index >= 15 is 0 Å². The Hall–Kier alpha value is -3.74. The molecule has 2 N–H and O–H groups in total. The van der Waals surface area contributed by atoms with Crippen LogP contribution in [0.3, 0.4) is 0 Å². The molecule has 0 bridgehead atoms. The Labute approximate surface area is 162 Å². The molecule has 7 heteroatoms. The van der Waals surface area contributed by atoms with E-state index in [1.165, 1.54) is 6.20 Å². The van der Waals surface area contributed by atoms with Crippen LogP contribution >= 0.6 is 0 Å². The minimum Gasteiger partial charge on any atom is -0.497 e. The number of pyridine rings is 1. The maximum Gasteiger partial charge on any atom is 0.253 e. The highest BCUT2D eigenvalue weighted by Gasteiger charge is 2.14. The Morgan fingerprint density at radius 2 is 1.86 bits per heavy atom. The van der Waals surface area contributed by atoms with Crippen molar-refractivity contribution in [3.63, 3.8) is 0 Å². The van der Waals surface area contributed by atoms with Crippen LogP contribution in [0.4, 0.5) is 11.4 Å². The molecule has 1 aliphatic heterocycles. The lowest BCUT2D eigenvalue weighted by Crippen LogP contribution is -2.23. The third kappa shape index (κ3) is 3.98. The minimum absolute atomic E-state index is 0.205. The van der Waals surface area contributed by atoms with Crippen molar-refractivity contribution in [3.05, 3.63) is 72.1 Å². The van der Waals surface area contributed by atoms with Crippen LogP contribution in [0, 0.1) is 0 Å². The monoisotopic (exact) mass is 377 g/mol. The number of benzene rings is 2. The fourth-order valence-electron chi connectivity index (χ4n) is 2.81. The Balaban J connectivity index is 1.39. The zero-order valence-corrected chi connectivity index (χ0v) is 15.3. The van der Waals surface area contributed by atoms with Crippen molar-refractivity contribution >= 4 is 17.3 Å². The second-order valence-corrected chi connectivity index (χ2v) is 6.19. The van der Waals surface area contributed by atoms with E-state index in [1.54, 1.807) is 19.4 Å². The third-order valence-electron chi connectivity index (χ3n) is 4.27. The van der Waals surface area contributed by atoms with Gasteiger partial charge in [0.2, 0.25) is 6.79 Å². The van der Waals surface area contributed by atoms with E-state index in [9.17, 15) is 4.79 Å². The van der Waals surface area contributed by atoms with E-state index in [0.717, 1.165) is 28.4 Å². The molecule has 1 aliphatic rings. The lowest BCUT2D eigenvalue weighted by molar-refractivity contribution is 0.0950. The van der Waals surface area contributed by atoms with Gasteiger partial charge in [0.25, 0.3) is 5.91 Å². The van der Waals surface area contributed by atoms with Crippen LogP contribution in [-0.2, 0) is 6.54 Å². The number of carbonyl (C=O) groups is 1. The fourth-order valence-corrected chi connectivity index (χ4v) is 2.81. The average Bonchev–Trinajstić information content (AvgIpc) is 3.20. The number of hydrogen-bond donors (Lipinski definition) is 2. The van der Waals surface area contributed by atoms with Crippen LogP contribution in [0.2, 0.25) is 0 Å². The molecule has 0 fully saturated rings. The number of aromatic nitrogens is 1. The summed E-state index contributed by atoms with van der Waals surface area (Å²) in [5, 5.41) is 6.12. The molecule has 4 rings (SSSR count). The largest absolute Gasteiger partial charge is 0.497 e. The number of ether oxygens (including phenoxy) is 3. The molecule has 28 heavy (non-hydrogen) atoms. The van der Waals surface area contributed by atoms with Crippen molar-refractivity contribution in [1.29, 1.82) is 0 Å². The van der Waals surface area contributed by atoms with E-state index < -0.39 is 0 Å². The molecular formula is C21H19N3O4. The topological polar surface area (TPSA) is 81.7 Å². The van der Waals surface area contributed by atoms with Crippen LogP contribution in [0.15, 0.2) is 60.9 Å². The molecule has 2 aromatic carbocycles. The Bertz CT molecular complexity index is 989. The number of nitrogens with zero attached hydrogens (tertiary/aromatic N) is 1. The molecule has 142 valence electrons. The molecule has 1 aromatic heterocycles. The lowest BCUT2D eigenvalue weighted by Gasteiger charge is -2.09. The highest BCUT2D eigenvalue weighted by atomic mass is 16.7. The summed E-state index contributed by atoms with van der Waals surface area (Å²) in [6.45, 7) is 0.608. The van der Waals surface area contributed by atoms with Crippen LogP contribution < -0.4 is 24.8 Å². The third-order valence-corrected chi connectivity index (χ3v) is 4.27. The number of amides is 1. The van der Waals surface area contributed by atoms with Crippen molar-refractivity contribution in [2.45, 2.75) is 6.54 Å². The molecule has 0 radical (unpaired) electrons. The second kappa shape index (κ2) is 7.87. The van der Waals surface area contributed by atoms with Gasteiger partial charge in [-0.2, -0.15) is 0 Å². The maximum absolute atomic E-state index is 12.5. The van der Waals surface area contributed by atoms with Gasteiger partial charge in [-0.05, 0) is 48.0 Å². The molecule has 7 nitrogen and oxygen atoms in total. The first-order valence-electron chi connectivity index (χ1n) is 8.74. The molecule has 0 saturated carbocycles. The predicted molar refractivity (Wildman–Crippen MR) is 104 cm³/mol. The van der Waals surface area contributed by atoms with Crippen molar-refractivity contribution in [1.82, 2.24) is 10.3 Å². The summed E-state index contributed by atoms with van der Waals surface area (Å²) < 4.78 is 15.8. The van der Waals surface area contributed by atoms with Crippen LogP contribution in [0.25, 0.3) is 0 Å². The second-order valence-electron chi connectivity index (χ2n) is 6.19. The fraction of sp³-hybridized carbons (Fsp3) is 0.143. The Kier molecular flexibility index (Phi) is 4.97. The number of nitrogens with one attached hydrogen (secondary N) is 2. The van der Waals surface area contributed by atoms with E-state index in [-0.39, 0.29) is 12.7 Å². The molecule has 2 heterocycles. The molecule has 0 unspecified atom stereocenters. The summed E-state index contributed by atoms with van der Waals surface area (Å²) in [5.41, 5.74) is 3.00. The van der Waals surface area contributed by atoms with Gasteiger partial charge in [-0.1, -0.05) is 6.07 Å². The number of anilines is 2. The highest BCUT2D eigenvalue weighted by Crippen LogP contribution is 2.32. The molecule has 1 amide bonds. The van der Waals surface area contributed by atoms with Gasteiger partial charge >= 0.3 is 0 Å². The van der Waals surface area contributed by atoms with Crippen LogP contribution in [0.1, 0.15) is 15.9 Å². The maximum atomic E-state index is 12.5. The zero-order valence-electron chi connectivity index (χ0n) is 15.3. The summed E-state index contributed by atoms with van der Waals surface area (Å²) in [4.78, 5) is 16.6. The van der Waals surface area contributed by atoms with Crippen LogP contribution in [0.5, 0.6) is 17.2 Å². The van der Waals surface area contributed by atoms with Gasteiger partial charge in [-0.15, -0.1) is 0 Å². The van der Waals surface area contributed by atoms with Gasteiger partial charge in [0.1, 0.15) is 5.75 Å². The molecule has 0 saturated heterocycles. The van der Waals surface area contributed by atoms with Crippen molar-refractivity contribution in [2.24, 2.45) is 0 Å². The predicted octanol–water partition coefficient (Wildman–Crippen LogP) is 3.49. The highest BCUT2D eigenvalue weighted by molar-refractivity contribution is 5.94. The molecule has 0 aliphatic carbocycles. The minimum atomic E-state index is -0.205. The van der Waals surface area contributed by atoms with Gasteiger partial charge in [0.05, 0.1) is 24.6 Å². The number of methoxy groups -OCH3 is 1. The van der Waals surface area contributed by atoms with Crippen molar-refractivity contribution in [3.8, 4) is 17.2 Å². The molecule has 0 spiro atoms. The normalized spacial score (nSPS) is 11.8. The Morgan fingerprint density at radius 3 is 2.68 bits per heavy atom.